The maximum atomic E-state index is 5.27. The van der Waals surface area contributed by atoms with Gasteiger partial charge in [0.25, 0.3) is 0 Å². The second kappa shape index (κ2) is 7.97. The SMILES string of the molecule is COc1cccc(/C=N/N(Cc2ccccc2)c2ccccc2)c1. The highest BCUT2D eigenvalue weighted by Gasteiger charge is 2.05. The van der Waals surface area contributed by atoms with Crippen LogP contribution in [0.3, 0.4) is 0 Å². The summed E-state index contributed by atoms with van der Waals surface area (Å²) in [6, 6.07) is 28.4. The zero-order valence-corrected chi connectivity index (χ0v) is 13.7. The van der Waals surface area contributed by atoms with Crippen LogP contribution in [0, 0.1) is 0 Å². The Hall–Kier alpha value is -3.07. The number of benzene rings is 3. The molecule has 3 aromatic carbocycles. The predicted molar refractivity (Wildman–Crippen MR) is 99.7 cm³/mol. The van der Waals surface area contributed by atoms with Crippen LogP contribution in [0.5, 0.6) is 5.75 Å². The van der Waals surface area contributed by atoms with Gasteiger partial charge in [-0.25, -0.2) is 0 Å². The first-order valence-electron chi connectivity index (χ1n) is 7.90. The smallest absolute Gasteiger partial charge is 0.119 e. The molecule has 0 radical (unpaired) electrons. The van der Waals surface area contributed by atoms with Gasteiger partial charge in [0.2, 0.25) is 0 Å². The van der Waals surface area contributed by atoms with Gasteiger partial charge in [0.15, 0.2) is 0 Å². The first-order chi connectivity index (χ1) is 11.8. The Kier molecular flexibility index (Phi) is 5.25. The number of anilines is 1. The maximum absolute atomic E-state index is 5.27. The Balaban J connectivity index is 1.85. The van der Waals surface area contributed by atoms with Crippen LogP contribution in [0.4, 0.5) is 5.69 Å². The van der Waals surface area contributed by atoms with Crippen molar-refractivity contribution in [1.82, 2.24) is 0 Å². The van der Waals surface area contributed by atoms with Crippen LogP contribution in [-0.2, 0) is 6.54 Å². The molecule has 24 heavy (non-hydrogen) atoms. The molecule has 0 aromatic heterocycles. The molecular formula is C21H20N2O. The highest BCUT2D eigenvalue weighted by molar-refractivity contribution is 5.81. The Morgan fingerprint density at radius 2 is 1.58 bits per heavy atom. The summed E-state index contributed by atoms with van der Waals surface area (Å²) in [6.07, 6.45) is 1.86. The predicted octanol–water partition coefficient (Wildman–Crippen LogP) is 4.74. The van der Waals surface area contributed by atoms with E-state index in [2.05, 4.69) is 29.4 Å². The number of hydrazone groups is 1. The third kappa shape index (κ3) is 4.23. The molecule has 0 bridgehead atoms. The van der Waals surface area contributed by atoms with E-state index in [4.69, 9.17) is 4.74 Å². The van der Waals surface area contributed by atoms with Crippen molar-refractivity contribution in [3.8, 4) is 5.75 Å². The van der Waals surface area contributed by atoms with Gasteiger partial charge in [0.1, 0.15) is 5.75 Å². The number of para-hydroxylation sites is 1. The van der Waals surface area contributed by atoms with E-state index in [9.17, 15) is 0 Å². The lowest BCUT2D eigenvalue weighted by Crippen LogP contribution is -2.16. The van der Waals surface area contributed by atoms with Crippen LogP contribution in [0.1, 0.15) is 11.1 Å². The van der Waals surface area contributed by atoms with Crippen molar-refractivity contribution < 1.29 is 4.74 Å². The monoisotopic (exact) mass is 316 g/mol. The number of hydrogen-bond acceptors (Lipinski definition) is 3. The zero-order chi connectivity index (χ0) is 16.6. The summed E-state index contributed by atoms with van der Waals surface area (Å²) in [5.41, 5.74) is 3.27. The summed E-state index contributed by atoms with van der Waals surface area (Å²) >= 11 is 0. The number of hydrogen-bond donors (Lipinski definition) is 0. The maximum Gasteiger partial charge on any atom is 0.119 e. The van der Waals surface area contributed by atoms with Gasteiger partial charge in [-0.1, -0.05) is 60.7 Å². The van der Waals surface area contributed by atoms with E-state index in [0.717, 1.165) is 17.0 Å². The molecule has 0 aliphatic rings. The topological polar surface area (TPSA) is 24.8 Å². The summed E-state index contributed by atoms with van der Waals surface area (Å²) in [5.74, 6) is 0.827. The summed E-state index contributed by atoms with van der Waals surface area (Å²) in [6.45, 7) is 0.714. The van der Waals surface area contributed by atoms with E-state index in [1.165, 1.54) is 5.56 Å². The fraction of sp³-hybridized carbons (Fsp3) is 0.0952. The minimum atomic E-state index is 0.714. The van der Waals surface area contributed by atoms with Crippen LogP contribution in [0.15, 0.2) is 90.0 Å². The number of methoxy groups -OCH3 is 1. The first kappa shape index (κ1) is 15.8. The Bertz CT molecular complexity index is 785. The van der Waals surface area contributed by atoms with Crippen molar-refractivity contribution in [3.05, 3.63) is 96.1 Å². The molecule has 0 unspecified atom stereocenters. The van der Waals surface area contributed by atoms with Gasteiger partial charge >= 0.3 is 0 Å². The molecule has 120 valence electrons. The van der Waals surface area contributed by atoms with Gasteiger partial charge in [0.05, 0.1) is 25.6 Å². The van der Waals surface area contributed by atoms with Crippen LogP contribution < -0.4 is 9.75 Å². The summed E-state index contributed by atoms with van der Waals surface area (Å²) < 4.78 is 5.27. The van der Waals surface area contributed by atoms with Crippen molar-refractivity contribution in [3.63, 3.8) is 0 Å². The van der Waals surface area contributed by atoms with Gasteiger partial charge < -0.3 is 4.74 Å². The molecule has 0 saturated carbocycles. The molecular weight excluding hydrogens is 296 g/mol. The summed E-state index contributed by atoms with van der Waals surface area (Å²) in [5, 5.41) is 6.68. The molecule has 3 nitrogen and oxygen atoms in total. The number of rotatable bonds is 6. The molecule has 0 aliphatic carbocycles. The number of ether oxygens (including phenoxy) is 1. The molecule has 0 heterocycles. The van der Waals surface area contributed by atoms with E-state index in [1.54, 1.807) is 7.11 Å². The van der Waals surface area contributed by atoms with Gasteiger partial charge in [-0.15, -0.1) is 0 Å². The van der Waals surface area contributed by atoms with Crippen molar-refractivity contribution >= 4 is 11.9 Å². The minimum Gasteiger partial charge on any atom is -0.497 e. The molecule has 0 spiro atoms. The van der Waals surface area contributed by atoms with E-state index in [1.807, 2.05) is 71.9 Å². The lowest BCUT2D eigenvalue weighted by atomic mass is 10.2. The lowest BCUT2D eigenvalue weighted by molar-refractivity contribution is 0.415. The van der Waals surface area contributed by atoms with Gasteiger partial charge in [-0.2, -0.15) is 5.10 Å². The van der Waals surface area contributed by atoms with E-state index in [0.29, 0.717) is 6.54 Å². The second-order valence-electron chi connectivity index (χ2n) is 5.40. The van der Waals surface area contributed by atoms with Crippen LogP contribution in [0.25, 0.3) is 0 Å². The third-order valence-corrected chi connectivity index (χ3v) is 3.67. The van der Waals surface area contributed by atoms with Crippen LogP contribution in [-0.4, -0.2) is 13.3 Å². The largest absolute Gasteiger partial charge is 0.497 e. The van der Waals surface area contributed by atoms with E-state index < -0.39 is 0 Å². The quantitative estimate of drug-likeness (QED) is 0.485. The molecule has 0 fully saturated rings. The molecule has 0 amide bonds. The minimum absolute atomic E-state index is 0.714. The van der Waals surface area contributed by atoms with E-state index in [-0.39, 0.29) is 0 Å². The summed E-state index contributed by atoms with van der Waals surface area (Å²) in [4.78, 5) is 0. The average Bonchev–Trinajstić information content (AvgIpc) is 2.67. The van der Waals surface area contributed by atoms with Gasteiger partial charge in [0, 0.05) is 0 Å². The van der Waals surface area contributed by atoms with Gasteiger partial charge in [-0.3, -0.25) is 5.01 Å². The second-order valence-corrected chi connectivity index (χ2v) is 5.40. The molecule has 0 N–H and O–H groups in total. The van der Waals surface area contributed by atoms with Crippen molar-refractivity contribution in [2.24, 2.45) is 5.10 Å². The molecule has 3 rings (SSSR count). The molecule has 0 aliphatic heterocycles. The van der Waals surface area contributed by atoms with Crippen LogP contribution >= 0.6 is 0 Å². The fourth-order valence-corrected chi connectivity index (χ4v) is 2.41. The van der Waals surface area contributed by atoms with Gasteiger partial charge in [-0.05, 0) is 35.4 Å². The van der Waals surface area contributed by atoms with E-state index >= 15 is 0 Å². The third-order valence-electron chi connectivity index (χ3n) is 3.67. The highest BCUT2D eigenvalue weighted by atomic mass is 16.5. The average molecular weight is 316 g/mol. The van der Waals surface area contributed by atoms with Crippen molar-refractivity contribution in [2.45, 2.75) is 6.54 Å². The fourth-order valence-electron chi connectivity index (χ4n) is 2.41. The molecule has 3 heteroatoms. The Morgan fingerprint density at radius 3 is 2.29 bits per heavy atom. The van der Waals surface area contributed by atoms with Crippen molar-refractivity contribution in [2.75, 3.05) is 12.1 Å². The zero-order valence-electron chi connectivity index (χ0n) is 13.7. The first-order valence-corrected chi connectivity index (χ1v) is 7.90. The highest BCUT2D eigenvalue weighted by Crippen LogP contribution is 2.18. The lowest BCUT2D eigenvalue weighted by Gasteiger charge is -2.19. The van der Waals surface area contributed by atoms with Crippen molar-refractivity contribution in [1.29, 1.82) is 0 Å². The number of nitrogens with zero attached hydrogens (tertiary/aromatic N) is 2. The van der Waals surface area contributed by atoms with Crippen LogP contribution in [0.2, 0.25) is 0 Å². The Morgan fingerprint density at radius 1 is 0.875 bits per heavy atom. The Labute approximate surface area is 142 Å². The normalized spacial score (nSPS) is 10.7. The molecule has 3 aromatic rings. The molecule has 0 saturated heterocycles. The summed E-state index contributed by atoms with van der Waals surface area (Å²) in [7, 11) is 1.67. The molecule has 0 atom stereocenters. The standard InChI is InChI=1S/C21H20N2O/c1-24-21-14-8-11-19(15-21)16-22-23(20-12-6-3-7-13-20)17-18-9-4-2-5-10-18/h2-16H,17H2,1H3/b22-16+.